The maximum Gasteiger partial charge on any atom is 0.0897 e. The number of rotatable bonds is 10. The van der Waals surface area contributed by atoms with Gasteiger partial charge in [0.15, 0.2) is 0 Å². The van der Waals surface area contributed by atoms with Crippen molar-refractivity contribution in [3.8, 4) is 0 Å². The van der Waals surface area contributed by atoms with Crippen LogP contribution in [0.4, 0.5) is 0 Å². The monoisotopic (exact) mass is 271 g/mol. The van der Waals surface area contributed by atoms with Gasteiger partial charge in [-0.1, -0.05) is 46.0 Å². The van der Waals surface area contributed by atoms with Crippen LogP contribution in [0.5, 0.6) is 0 Å². The van der Waals surface area contributed by atoms with Crippen molar-refractivity contribution in [1.29, 1.82) is 0 Å². The predicted octanol–water partition coefficient (Wildman–Crippen LogP) is 3.11. The molecule has 0 spiro atoms. The van der Waals surface area contributed by atoms with E-state index in [2.05, 4.69) is 19.2 Å². The molecule has 0 saturated heterocycles. The highest BCUT2D eigenvalue weighted by molar-refractivity contribution is 4.78. The van der Waals surface area contributed by atoms with Gasteiger partial charge in [-0.2, -0.15) is 0 Å². The SMILES string of the molecule is CCCCCCOCC(O)CNC1CCCCC1C. The lowest BCUT2D eigenvalue weighted by Gasteiger charge is -2.30. The molecule has 2 N–H and O–H groups in total. The van der Waals surface area contributed by atoms with E-state index in [4.69, 9.17) is 4.74 Å². The van der Waals surface area contributed by atoms with Crippen LogP contribution in [0.1, 0.15) is 65.2 Å². The molecular weight excluding hydrogens is 238 g/mol. The van der Waals surface area contributed by atoms with E-state index in [-0.39, 0.29) is 6.10 Å². The van der Waals surface area contributed by atoms with E-state index in [1.165, 1.54) is 44.9 Å². The van der Waals surface area contributed by atoms with Crippen molar-refractivity contribution in [3.05, 3.63) is 0 Å². The van der Waals surface area contributed by atoms with Crippen LogP contribution < -0.4 is 5.32 Å². The van der Waals surface area contributed by atoms with Crippen molar-refractivity contribution >= 4 is 0 Å². The van der Waals surface area contributed by atoms with E-state index in [0.717, 1.165) is 18.9 Å². The van der Waals surface area contributed by atoms with Gasteiger partial charge in [-0.3, -0.25) is 0 Å². The van der Waals surface area contributed by atoms with Crippen molar-refractivity contribution in [2.24, 2.45) is 5.92 Å². The normalized spacial score (nSPS) is 25.4. The second-order valence-electron chi connectivity index (χ2n) is 6.07. The quantitative estimate of drug-likeness (QED) is 0.600. The lowest BCUT2D eigenvalue weighted by Crippen LogP contribution is -2.42. The first-order valence-corrected chi connectivity index (χ1v) is 8.23. The van der Waals surface area contributed by atoms with E-state index in [9.17, 15) is 5.11 Å². The number of ether oxygens (including phenoxy) is 1. The van der Waals surface area contributed by atoms with Crippen LogP contribution in [-0.2, 0) is 4.74 Å². The Hall–Kier alpha value is -0.120. The standard InChI is InChI=1S/C16H33NO2/c1-3-4-5-8-11-19-13-15(18)12-17-16-10-7-6-9-14(16)2/h14-18H,3-13H2,1-2H3. The van der Waals surface area contributed by atoms with Crippen LogP contribution in [0, 0.1) is 5.92 Å². The zero-order valence-corrected chi connectivity index (χ0v) is 12.9. The van der Waals surface area contributed by atoms with Gasteiger partial charge in [0, 0.05) is 19.2 Å². The summed E-state index contributed by atoms with van der Waals surface area (Å²) in [4.78, 5) is 0. The lowest BCUT2D eigenvalue weighted by molar-refractivity contribution is 0.0324. The van der Waals surface area contributed by atoms with Crippen LogP contribution in [0.15, 0.2) is 0 Å². The minimum absolute atomic E-state index is 0.361. The third kappa shape index (κ3) is 7.91. The van der Waals surface area contributed by atoms with E-state index < -0.39 is 0 Å². The van der Waals surface area contributed by atoms with Crippen LogP contribution in [-0.4, -0.2) is 37.0 Å². The first kappa shape index (κ1) is 16.9. The Kier molecular flexibility index (Phi) is 9.48. The third-order valence-corrected chi connectivity index (χ3v) is 4.18. The van der Waals surface area contributed by atoms with Crippen molar-refractivity contribution in [3.63, 3.8) is 0 Å². The molecule has 1 fully saturated rings. The Morgan fingerprint density at radius 3 is 2.74 bits per heavy atom. The number of hydrogen-bond donors (Lipinski definition) is 2. The maximum absolute atomic E-state index is 9.88. The van der Waals surface area contributed by atoms with E-state index in [1.807, 2.05) is 0 Å². The Morgan fingerprint density at radius 2 is 2.00 bits per heavy atom. The molecule has 0 aromatic rings. The zero-order valence-electron chi connectivity index (χ0n) is 12.9. The fraction of sp³-hybridized carbons (Fsp3) is 1.00. The molecule has 0 heterocycles. The molecule has 0 aromatic heterocycles. The lowest BCUT2D eigenvalue weighted by atomic mass is 9.86. The first-order valence-electron chi connectivity index (χ1n) is 8.23. The summed E-state index contributed by atoms with van der Waals surface area (Å²) in [5.74, 6) is 0.746. The molecule has 1 aliphatic rings. The fourth-order valence-electron chi connectivity index (χ4n) is 2.82. The zero-order chi connectivity index (χ0) is 13.9. The highest BCUT2D eigenvalue weighted by Gasteiger charge is 2.21. The average molecular weight is 271 g/mol. The summed E-state index contributed by atoms with van der Waals surface area (Å²) in [6.45, 7) is 6.46. The summed E-state index contributed by atoms with van der Waals surface area (Å²) >= 11 is 0. The highest BCUT2D eigenvalue weighted by Crippen LogP contribution is 2.23. The third-order valence-electron chi connectivity index (χ3n) is 4.18. The molecule has 1 aliphatic carbocycles. The topological polar surface area (TPSA) is 41.5 Å². The molecular formula is C16H33NO2. The number of aliphatic hydroxyl groups excluding tert-OH is 1. The van der Waals surface area contributed by atoms with Gasteiger partial charge in [-0.15, -0.1) is 0 Å². The van der Waals surface area contributed by atoms with Gasteiger partial charge in [0.25, 0.3) is 0 Å². The molecule has 0 aliphatic heterocycles. The molecule has 3 atom stereocenters. The Morgan fingerprint density at radius 1 is 1.21 bits per heavy atom. The second kappa shape index (κ2) is 10.6. The van der Waals surface area contributed by atoms with Gasteiger partial charge in [0.05, 0.1) is 12.7 Å². The molecule has 3 heteroatoms. The Balaban J connectivity index is 1.96. The molecule has 114 valence electrons. The molecule has 0 bridgehead atoms. The van der Waals surface area contributed by atoms with Gasteiger partial charge in [0.2, 0.25) is 0 Å². The Bertz CT molecular complexity index is 211. The van der Waals surface area contributed by atoms with Crippen molar-refractivity contribution in [1.82, 2.24) is 5.32 Å². The molecule has 19 heavy (non-hydrogen) atoms. The van der Waals surface area contributed by atoms with Crippen LogP contribution >= 0.6 is 0 Å². The molecule has 3 nitrogen and oxygen atoms in total. The van der Waals surface area contributed by atoms with Gasteiger partial charge >= 0.3 is 0 Å². The van der Waals surface area contributed by atoms with Gasteiger partial charge < -0.3 is 15.2 Å². The minimum Gasteiger partial charge on any atom is -0.389 e. The summed E-state index contributed by atoms with van der Waals surface area (Å²) in [5, 5.41) is 13.4. The Labute approximate surface area is 119 Å². The fourth-order valence-corrected chi connectivity index (χ4v) is 2.82. The number of hydrogen-bond acceptors (Lipinski definition) is 3. The first-order chi connectivity index (χ1) is 9.24. The van der Waals surface area contributed by atoms with Crippen molar-refractivity contribution in [2.75, 3.05) is 19.8 Å². The van der Waals surface area contributed by atoms with Gasteiger partial charge in [-0.25, -0.2) is 0 Å². The smallest absolute Gasteiger partial charge is 0.0897 e. The minimum atomic E-state index is -0.361. The average Bonchev–Trinajstić information content (AvgIpc) is 2.42. The maximum atomic E-state index is 9.88. The molecule has 0 radical (unpaired) electrons. The summed E-state index contributed by atoms with van der Waals surface area (Å²) in [6, 6.07) is 0.591. The van der Waals surface area contributed by atoms with E-state index in [1.54, 1.807) is 0 Å². The summed E-state index contributed by atoms with van der Waals surface area (Å²) in [5.41, 5.74) is 0. The predicted molar refractivity (Wildman–Crippen MR) is 80.4 cm³/mol. The molecule has 1 saturated carbocycles. The molecule has 1 rings (SSSR count). The number of unbranched alkanes of at least 4 members (excludes halogenated alkanes) is 3. The number of aliphatic hydroxyl groups is 1. The summed E-state index contributed by atoms with van der Waals surface area (Å²) in [7, 11) is 0. The van der Waals surface area contributed by atoms with Gasteiger partial charge in [-0.05, 0) is 25.2 Å². The molecule has 0 aromatic carbocycles. The summed E-state index contributed by atoms with van der Waals surface area (Å²) in [6.07, 6.45) is 9.81. The molecule has 0 amide bonds. The highest BCUT2D eigenvalue weighted by atomic mass is 16.5. The van der Waals surface area contributed by atoms with Crippen molar-refractivity contribution in [2.45, 2.75) is 77.4 Å². The van der Waals surface area contributed by atoms with Crippen LogP contribution in [0.25, 0.3) is 0 Å². The molecule has 3 unspecified atom stereocenters. The largest absolute Gasteiger partial charge is 0.389 e. The van der Waals surface area contributed by atoms with E-state index >= 15 is 0 Å². The van der Waals surface area contributed by atoms with E-state index in [0.29, 0.717) is 19.2 Å². The van der Waals surface area contributed by atoms with Gasteiger partial charge in [0.1, 0.15) is 0 Å². The second-order valence-corrected chi connectivity index (χ2v) is 6.07. The van der Waals surface area contributed by atoms with Crippen LogP contribution in [0.3, 0.4) is 0 Å². The number of nitrogens with one attached hydrogen (secondary N) is 1. The van der Waals surface area contributed by atoms with Crippen molar-refractivity contribution < 1.29 is 9.84 Å². The summed E-state index contributed by atoms with van der Waals surface area (Å²) < 4.78 is 5.52. The van der Waals surface area contributed by atoms with Crippen LogP contribution in [0.2, 0.25) is 0 Å².